The lowest BCUT2D eigenvalue weighted by Crippen LogP contribution is -2.19. The molecule has 0 aromatic rings. The van der Waals surface area contributed by atoms with Gasteiger partial charge in [0.15, 0.2) is 5.78 Å². The molecule has 11 heavy (non-hydrogen) atoms. The summed E-state index contributed by atoms with van der Waals surface area (Å²) in [5.74, 6) is 0.0378. The zero-order valence-corrected chi connectivity index (χ0v) is 7.83. The zero-order valence-electron chi connectivity index (χ0n) is 7.01. The predicted molar refractivity (Wildman–Crippen MR) is 45.6 cm³/mol. The second kappa shape index (κ2) is 2.55. The summed E-state index contributed by atoms with van der Waals surface area (Å²) < 4.78 is 11.1. The summed E-state index contributed by atoms with van der Waals surface area (Å²) in [5, 5.41) is 0. The quantitative estimate of drug-likeness (QED) is 0.517. The van der Waals surface area contributed by atoms with Crippen LogP contribution in [0.2, 0.25) is 0 Å². The molecule has 1 unspecified atom stereocenters. The average molecular weight is 172 g/mol. The van der Waals surface area contributed by atoms with Crippen LogP contribution in [0, 0.1) is 0 Å². The van der Waals surface area contributed by atoms with E-state index in [1.54, 1.807) is 13.0 Å². The molecule has 1 saturated heterocycles. The molecule has 1 fully saturated rings. The van der Waals surface area contributed by atoms with E-state index in [-0.39, 0.29) is 10.5 Å². The first kappa shape index (κ1) is 8.65. The first-order valence-corrected chi connectivity index (χ1v) is 4.75. The molecule has 0 amide bonds. The van der Waals surface area contributed by atoms with Crippen molar-refractivity contribution in [2.75, 3.05) is 0 Å². The van der Waals surface area contributed by atoms with Crippen molar-refractivity contribution in [3.05, 3.63) is 11.0 Å². The molecule has 2 nitrogen and oxygen atoms in total. The van der Waals surface area contributed by atoms with E-state index < -0.39 is 10.8 Å². The molecule has 1 atom stereocenters. The monoisotopic (exact) mass is 172 g/mol. The fourth-order valence-electron chi connectivity index (χ4n) is 1.21. The standard InChI is InChI=1S/C8H12O2S/c1-4-7-6(9)5-8(2,3)11(7)10/h4H,5H2,1-3H3/b7-4-. The summed E-state index contributed by atoms with van der Waals surface area (Å²) in [7, 11) is -1.09. The molecule has 0 radical (unpaired) electrons. The third-order valence-electron chi connectivity index (χ3n) is 1.82. The summed E-state index contributed by atoms with van der Waals surface area (Å²) >= 11 is 0. The van der Waals surface area contributed by atoms with Gasteiger partial charge in [0.25, 0.3) is 0 Å². The van der Waals surface area contributed by atoms with Crippen LogP contribution in [0.4, 0.5) is 0 Å². The fourth-order valence-corrected chi connectivity index (χ4v) is 2.56. The lowest BCUT2D eigenvalue weighted by Gasteiger charge is -2.11. The molecule has 0 aromatic carbocycles. The highest BCUT2D eigenvalue weighted by atomic mass is 32.2. The molecule has 0 aliphatic carbocycles. The minimum atomic E-state index is -1.09. The van der Waals surface area contributed by atoms with Gasteiger partial charge < -0.3 is 0 Å². The molecular formula is C8H12O2S. The predicted octanol–water partition coefficient (Wildman–Crippen LogP) is 1.39. The van der Waals surface area contributed by atoms with Gasteiger partial charge in [-0.15, -0.1) is 0 Å². The normalized spacial score (nSPS) is 33.2. The van der Waals surface area contributed by atoms with Crippen molar-refractivity contribution in [1.82, 2.24) is 0 Å². The molecular weight excluding hydrogens is 160 g/mol. The first-order chi connectivity index (χ1) is 4.99. The smallest absolute Gasteiger partial charge is 0.172 e. The third-order valence-corrected chi connectivity index (χ3v) is 3.84. The van der Waals surface area contributed by atoms with Crippen molar-refractivity contribution in [2.45, 2.75) is 31.9 Å². The van der Waals surface area contributed by atoms with Gasteiger partial charge in [0.2, 0.25) is 0 Å². The minimum Gasteiger partial charge on any atom is -0.293 e. The van der Waals surface area contributed by atoms with Crippen molar-refractivity contribution < 1.29 is 9.00 Å². The third kappa shape index (κ3) is 1.29. The van der Waals surface area contributed by atoms with E-state index in [1.165, 1.54) is 0 Å². The average Bonchev–Trinajstić information content (AvgIpc) is 2.04. The van der Waals surface area contributed by atoms with Crippen LogP contribution in [0.5, 0.6) is 0 Å². The molecule has 1 aliphatic heterocycles. The lowest BCUT2D eigenvalue weighted by molar-refractivity contribution is -0.114. The number of hydrogen-bond acceptors (Lipinski definition) is 2. The number of allylic oxidation sites excluding steroid dienone is 2. The second-order valence-corrected chi connectivity index (χ2v) is 5.36. The van der Waals surface area contributed by atoms with Gasteiger partial charge in [-0.2, -0.15) is 0 Å². The Bertz CT molecular complexity index is 251. The second-order valence-electron chi connectivity index (χ2n) is 3.28. The van der Waals surface area contributed by atoms with Crippen LogP contribution in [-0.4, -0.2) is 14.7 Å². The number of Topliss-reactive ketones (excluding diaryl/α,β-unsaturated/α-hetero) is 1. The van der Waals surface area contributed by atoms with Gasteiger partial charge in [-0.3, -0.25) is 9.00 Å². The Kier molecular flexibility index (Phi) is 2.01. The summed E-state index contributed by atoms with van der Waals surface area (Å²) in [6, 6.07) is 0. The lowest BCUT2D eigenvalue weighted by atomic mass is 10.1. The Balaban J connectivity index is 3.08. The zero-order chi connectivity index (χ0) is 8.65. The van der Waals surface area contributed by atoms with Crippen LogP contribution < -0.4 is 0 Å². The molecule has 0 spiro atoms. The molecule has 1 aliphatic rings. The number of ketones is 1. The van der Waals surface area contributed by atoms with E-state index in [4.69, 9.17) is 0 Å². The van der Waals surface area contributed by atoms with Crippen LogP contribution in [0.3, 0.4) is 0 Å². The number of carbonyl (C=O) groups is 1. The SMILES string of the molecule is C/C=C1/C(=O)CC(C)(C)S1=O. The topological polar surface area (TPSA) is 34.1 Å². The van der Waals surface area contributed by atoms with Crippen LogP contribution in [0.25, 0.3) is 0 Å². The molecule has 0 N–H and O–H groups in total. The molecule has 1 rings (SSSR count). The van der Waals surface area contributed by atoms with Gasteiger partial charge in [-0.25, -0.2) is 0 Å². The summed E-state index contributed by atoms with van der Waals surface area (Å²) in [6.07, 6.45) is 2.08. The molecule has 1 heterocycles. The molecule has 0 bridgehead atoms. The largest absolute Gasteiger partial charge is 0.293 e. The molecule has 0 aromatic heterocycles. The van der Waals surface area contributed by atoms with Crippen molar-refractivity contribution in [2.24, 2.45) is 0 Å². The highest BCUT2D eigenvalue weighted by Gasteiger charge is 2.40. The van der Waals surface area contributed by atoms with Crippen LogP contribution >= 0.6 is 0 Å². The maximum Gasteiger partial charge on any atom is 0.172 e. The van der Waals surface area contributed by atoms with E-state index in [0.29, 0.717) is 11.3 Å². The van der Waals surface area contributed by atoms with Crippen molar-refractivity contribution >= 4 is 16.6 Å². The Morgan fingerprint density at radius 1 is 1.55 bits per heavy atom. The number of hydrogen-bond donors (Lipinski definition) is 0. The fraction of sp³-hybridized carbons (Fsp3) is 0.625. The highest BCUT2D eigenvalue weighted by molar-refractivity contribution is 7.92. The summed E-state index contributed by atoms with van der Waals surface area (Å²) in [5.41, 5.74) is 0. The molecule has 62 valence electrons. The highest BCUT2D eigenvalue weighted by Crippen LogP contribution is 2.32. The van der Waals surface area contributed by atoms with Crippen molar-refractivity contribution in [3.63, 3.8) is 0 Å². The van der Waals surface area contributed by atoms with Crippen molar-refractivity contribution in [1.29, 1.82) is 0 Å². The van der Waals surface area contributed by atoms with Crippen LogP contribution in [0.15, 0.2) is 11.0 Å². The first-order valence-electron chi connectivity index (χ1n) is 3.60. The van der Waals surface area contributed by atoms with Gasteiger partial charge in [0.05, 0.1) is 20.5 Å². The maximum absolute atomic E-state index is 11.5. The Hall–Kier alpha value is -0.440. The van der Waals surface area contributed by atoms with E-state index in [2.05, 4.69) is 0 Å². The number of rotatable bonds is 0. The van der Waals surface area contributed by atoms with E-state index >= 15 is 0 Å². The van der Waals surface area contributed by atoms with Gasteiger partial charge >= 0.3 is 0 Å². The van der Waals surface area contributed by atoms with E-state index in [9.17, 15) is 9.00 Å². The Morgan fingerprint density at radius 3 is 2.27 bits per heavy atom. The maximum atomic E-state index is 11.5. The number of carbonyl (C=O) groups excluding carboxylic acids is 1. The molecule has 0 saturated carbocycles. The van der Waals surface area contributed by atoms with Gasteiger partial charge in [-0.05, 0) is 20.8 Å². The van der Waals surface area contributed by atoms with Crippen molar-refractivity contribution in [3.8, 4) is 0 Å². The van der Waals surface area contributed by atoms with E-state index in [1.807, 2.05) is 13.8 Å². The van der Waals surface area contributed by atoms with Gasteiger partial charge in [0.1, 0.15) is 0 Å². The van der Waals surface area contributed by atoms with Crippen LogP contribution in [-0.2, 0) is 15.6 Å². The van der Waals surface area contributed by atoms with E-state index in [0.717, 1.165) is 0 Å². The van der Waals surface area contributed by atoms with Crippen LogP contribution in [0.1, 0.15) is 27.2 Å². The Morgan fingerprint density at radius 2 is 2.09 bits per heavy atom. The van der Waals surface area contributed by atoms with Gasteiger partial charge in [0, 0.05) is 6.42 Å². The van der Waals surface area contributed by atoms with Gasteiger partial charge in [-0.1, -0.05) is 6.08 Å². The summed E-state index contributed by atoms with van der Waals surface area (Å²) in [4.78, 5) is 11.7. The Labute approximate surface area is 69.1 Å². The minimum absolute atomic E-state index is 0.0378. The molecule has 3 heteroatoms. The summed E-state index contributed by atoms with van der Waals surface area (Å²) in [6.45, 7) is 5.47.